The van der Waals surface area contributed by atoms with E-state index in [4.69, 9.17) is 0 Å². The van der Waals surface area contributed by atoms with Crippen molar-refractivity contribution in [2.75, 3.05) is 26.2 Å². The standard InChI is InChI=1S/C14H26N4O2.ClH/c1-3-15-14(20)18-7-5-12(9-18)17-13(19)11-4-6-16-10(2)8-11;/h10-12,16H,3-9H2,1-2H3,(H,15,20)(H,17,19);1H/t10-,11-,12?;/m0./s1. The summed E-state index contributed by atoms with van der Waals surface area (Å²) in [5.41, 5.74) is 0. The van der Waals surface area contributed by atoms with Gasteiger partial charge in [0.15, 0.2) is 0 Å². The van der Waals surface area contributed by atoms with E-state index in [0.29, 0.717) is 19.1 Å². The van der Waals surface area contributed by atoms with Crippen LogP contribution >= 0.6 is 12.4 Å². The smallest absolute Gasteiger partial charge is 0.317 e. The molecular weight excluding hydrogens is 292 g/mol. The maximum Gasteiger partial charge on any atom is 0.317 e. The van der Waals surface area contributed by atoms with Gasteiger partial charge in [0.25, 0.3) is 0 Å². The predicted molar refractivity (Wildman–Crippen MR) is 84.6 cm³/mol. The lowest BCUT2D eigenvalue weighted by molar-refractivity contribution is -0.126. The summed E-state index contributed by atoms with van der Waals surface area (Å²) in [5, 5.41) is 9.26. The van der Waals surface area contributed by atoms with Gasteiger partial charge in [-0.25, -0.2) is 4.79 Å². The molecule has 0 aromatic heterocycles. The highest BCUT2D eigenvalue weighted by Gasteiger charge is 2.30. The van der Waals surface area contributed by atoms with E-state index in [1.807, 2.05) is 6.92 Å². The molecule has 122 valence electrons. The Balaban J connectivity index is 0.00000220. The Morgan fingerprint density at radius 2 is 2.10 bits per heavy atom. The van der Waals surface area contributed by atoms with Gasteiger partial charge in [-0.3, -0.25) is 4.79 Å². The molecule has 3 amide bonds. The van der Waals surface area contributed by atoms with E-state index in [0.717, 1.165) is 32.4 Å². The Bertz CT molecular complexity index is 367. The van der Waals surface area contributed by atoms with Gasteiger partial charge in [0.05, 0.1) is 0 Å². The van der Waals surface area contributed by atoms with E-state index >= 15 is 0 Å². The first-order chi connectivity index (χ1) is 9.60. The first-order valence-corrected chi connectivity index (χ1v) is 7.66. The van der Waals surface area contributed by atoms with Crippen LogP contribution in [0.1, 0.15) is 33.1 Å². The molecule has 0 radical (unpaired) electrons. The normalized spacial score (nSPS) is 28.7. The van der Waals surface area contributed by atoms with E-state index in [1.165, 1.54) is 0 Å². The number of carbonyl (C=O) groups excluding carboxylic acids is 2. The predicted octanol–water partition coefficient (Wildman–Crippen LogP) is 0.716. The monoisotopic (exact) mass is 318 g/mol. The average Bonchev–Trinajstić information content (AvgIpc) is 2.87. The van der Waals surface area contributed by atoms with Crippen LogP contribution in [0, 0.1) is 5.92 Å². The highest BCUT2D eigenvalue weighted by Crippen LogP contribution is 2.17. The molecule has 2 aliphatic heterocycles. The second kappa shape index (κ2) is 8.44. The van der Waals surface area contributed by atoms with Crippen LogP contribution in [0.2, 0.25) is 0 Å². The van der Waals surface area contributed by atoms with Gasteiger partial charge < -0.3 is 20.9 Å². The number of carbonyl (C=O) groups is 2. The third kappa shape index (κ3) is 5.04. The molecule has 2 fully saturated rings. The molecule has 0 bridgehead atoms. The topological polar surface area (TPSA) is 73.5 Å². The number of likely N-dealkylation sites (tertiary alicyclic amines) is 1. The summed E-state index contributed by atoms with van der Waals surface area (Å²) in [7, 11) is 0. The number of urea groups is 1. The van der Waals surface area contributed by atoms with Gasteiger partial charge in [0, 0.05) is 37.6 Å². The van der Waals surface area contributed by atoms with Crippen molar-refractivity contribution in [3.63, 3.8) is 0 Å². The molecule has 2 rings (SSSR count). The Kier molecular flexibility index (Phi) is 7.25. The molecule has 3 atom stereocenters. The molecule has 0 aromatic carbocycles. The zero-order valence-electron chi connectivity index (χ0n) is 12.9. The lowest BCUT2D eigenvalue weighted by atomic mass is 9.92. The molecule has 7 heteroatoms. The second-order valence-corrected chi connectivity index (χ2v) is 5.85. The van der Waals surface area contributed by atoms with E-state index in [2.05, 4.69) is 22.9 Å². The van der Waals surface area contributed by atoms with Gasteiger partial charge in [-0.15, -0.1) is 12.4 Å². The SMILES string of the molecule is CCNC(=O)N1CCC(NC(=O)[C@H]2CCN[C@@H](C)C2)C1.Cl. The van der Waals surface area contributed by atoms with E-state index in [-0.39, 0.29) is 36.3 Å². The Morgan fingerprint density at radius 3 is 2.76 bits per heavy atom. The van der Waals surface area contributed by atoms with E-state index < -0.39 is 0 Å². The number of rotatable bonds is 3. The lowest BCUT2D eigenvalue weighted by Gasteiger charge is -2.28. The molecular formula is C14H27ClN4O2. The van der Waals surface area contributed by atoms with Crippen LogP contribution in [0.25, 0.3) is 0 Å². The number of amides is 3. The van der Waals surface area contributed by atoms with Crippen molar-refractivity contribution in [3.8, 4) is 0 Å². The molecule has 0 spiro atoms. The fourth-order valence-corrected chi connectivity index (χ4v) is 3.01. The molecule has 21 heavy (non-hydrogen) atoms. The number of halogens is 1. The van der Waals surface area contributed by atoms with Crippen LogP contribution in [-0.4, -0.2) is 55.1 Å². The van der Waals surface area contributed by atoms with Gasteiger partial charge in [-0.05, 0) is 39.7 Å². The first kappa shape index (κ1) is 18.0. The number of piperidine rings is 1. The Hall–Kier alpha value is -1.01. The summed E-state index contributed by atoms with van der Waals surface area (Å²) in [6.07, 6.45) is 2.66. The van der Waals surface area contributed by atoms with Crippen LogP contribution in [-0.2, 0) is 4.79 Å². The summed E-state index contributed by atoms with van der Waals surface area (Å²) in [6, 6.07) is 0.491. The Labute approximate surface area is 132 Å². The van der Waals surface area contributed by atoms with Crippen LogP contribution in [0.5, 0.6) is 0 Å². The molecule has 6 nitrogen and oxygen atoms in total. The number of hydrogen-bond acceptors (Lipinski definition) is 3. The summed E-state index contributed by atoms with van der Waals surface area (Å²) in [4.78, 5) is 25.7. The molecule has 2 saturated heterocycles. The van der Waals surface area contributed by atoms with Crippen molar-refractivity contribution in [1.82, 2.24) is 20.9 Å². The fraction of sp³-hybridized carbons (Fsp3) is 0.857. The minimum atomic E-state index is -0.0280. The van der Waals surface area contributed by atoms with Crippen LogP contribution in [0.4, 0.5) is 4.79 Å². The zero-order valence-corrected chi connectivity index (χ0v) is 13.7. The minimum Gasteiger partial charge on any atom is -0.351 e. The molecule has 2 aliphatic rings. The highest BCUT2D eigenvalue weighted by atomic mass is 35.5. The number of hydrogen-bond donors (Lipinski definition) is 3. The largest absolute Gasteiger partial charge is 0.351 e. The summed E-state index contributed by atoms with van der Waals surface area (Å²) < 4.78 is 0. The van der Waals surface area contributed by atoms with Crippen LogP contribution in [0.15, 0.2) is 0 Å². The van der Waals surface area contributed by atoms with Crippen molar-refractivity contribution in [3.05, 3.63) is 0 Å². The van der Waals surface area contributed by atoms with Crippen LogP contribution in [0.3, 0.4) is 0 Å². The third-order valence-corrected chi connectivity index (χ3v) is 4.14. The van der Waals surface area contributed by atoms with Gasteiger partial charge >= 0.3 is 6.03 Å². The van der Waals surface area contributed by atoms with Gasteiger partial charge in [-0.2, -0.15) is 0 Å². The van der Waals surface area contributed by atoms with Crippen molar-refractivity contribution in [1.29, 1.82) is 0 Å². The third-order valence-electron chi connectivity index (χ3n) is 4.14. The van der Waals surface area contributed by atoms with Crippen molar-refractivity contribution in [2.45, 2.75) is 45.2 Å². The van der Waals surface area contributed by atoms with Crippen molar-refractivity contribution >= 4 is 24.3 Å². The van der Waals surface area contributed by atoms with Gasteiger partial charge in [-0.1, -0.05) is 0 Å². The summed E-state index contributed by atoms with van der Waals surface area (Å²) in [5.74, 6) is 0.269. The van der Waals surface area contributed by atoms with Crippen molar-refractivity contribution < 1.29 is 9.59 Å². The molecule has 3 N–H and O–H groups in total. The number of nitrogens with one attached hydrogen (secondary N) is 3. The zero-order chi connectivity index (χ0) is 14.5. The van der Waals surface area contributed by atoms with E-state index in [1.54, 1.807) is 4.90 Å². The minimum absolute atomic E-state index is 0. The van der Waals surface area contributed by atoms with Gasteiger partial charge in [0.1, 0.15) is 0 Å². The fourth-order valence-electron chi connectivity index (χ4n) is 3.01. The molecule has 0 aromatic rings. The molecule has 0 aliphatic carbocycles. The highest BCUT2D eigenvalue weighted by molar-refractivity contribution is 5.85. The second-order valence-electron chi connectivity index (χ2n) is 5.85. The summed E-state index contributed by atoms with van der Waals surface area (Å²) in [6.45, 7) is 6.92. The quantitative estimate of drug-likeness (QED) is 0.718. The maximum atomic E-state index is 12.2. The average molecular weight is 319 g/mol. The molecule has 0 saturated carbocycles. The van der Waals surface area contributed by atoms with Crippen molar-refractivity contribution in [2.24, 2.45) is 5.92 Å². The van der Waals surface area contributed by atoms with Crippen LogP contribution < -0.4 is 16.0 Å². The maximum absolute atomic E-state index is 12.2. The molecule has 1 unspecified atom stereocenters. The summed E-state index contributed by atoms with van der Waals surface area (Å²) >= 11 is 0. The first-order valence-electron chi connectivity index (χ1n) is 7.66. The van der Waals surface area contributed by atoms with E-state index in [9.17, 15) is 9.59 Å². The lowest BCUT2D eigenvalue weighted by Crippen LogP contribution is -2.46. The number of nitrogens with zero attached hydrogens (tertiary/aromatic N) is 1. The molecule has 2 heterocycles. The Morgan fingerprint density at radius 1 is 1.33 bits per heavy atom. The van der Waals surface area contributed by atoms with Gasteiger partial charge in [0.2, 0.25) is 5.91 Å².